The Morgan fingerprint density at radius 2 is 1.84 bits per heavy atom. The highest BCUT2D eigenvalue weighted by Crippen LogP contribution is 2.30. The zero-order chi connectivity index (χ0) is 23.1. The van der Waals surface area contributed by atoms with Crippen molar-refractivity contribution in [3.8, 4) is 17.0 Å². The molecule has 166 valence electrons. The van der Waals surface area contributed by atoms with Gasteiger partial charge in [-0.2, -0.15) is 5.10 Å². The highest BCUT2D eigenvalue weighted by Gasteiger charge is 2.13. The molecule has 3 rings (SSSR count). The van der Waals surface area contributed by atoms with E-state index in [4.69, 9.17) is 15.4 Å². The van der Waals surface area contributed by atoms with E-state index in [0.29, 0.717) is 13.0 Å². The highest BCUT2D eigenvalue weighted by molar-refractivity contribution is 5.66. The summed E-state index contributed by atoms with van der Waals surface area (Å²) < 4.78 is 8.06. The maximum absolute atomic E-state index is 8.94. The molecule has 0 unspecified atom stereocenters. The Morgan fingerprint density at radius 1 is 1.16 bits per heavy atom. The molecule has 2 aromatic carbocycles. The monoisotopic (exact) mass is 424 g/mol. The summed E-state index contributed by atoms with van der Waals surface area (Å²) in [4.78, 5) is 8.94. The molecule has 0 saturated carbocycles. The van der Waals surface area contributed by atoms with Crippen molar-refractivity contribution in [1.29, 1.82) is 0 Å². The number of hydrogen-bond donors (Lipinski definition) is 3. The molecular formula is C23H32N6O2. The van der Waals surface area contributed by atoms with Crippen LogP contribution in [0, 0.1) is 27.7 Å². The van der Waals surface area contributed by atoms with Gasteiger partial charge >= 0.3 is 0 Å². The lowest BCUT2D eigenvalue weighted by atomic mass is 10.0. The van der Waals surface area contributed by atoms with Crippen LogP contribution >= 0.6 is 0 Å². The number of carbonyl (C=O) groups is 1. The Morgan fingerprint density at radius 3 is 2.35 bits per heavy atom. The van der Waals surface area contributed by atoms with E-state index in [2.05, 4.69) is 56.8 Å². The number of hydrazine groups is 2. The van der Waals surface area contributed by atoms with Crippen LogP contribution in [-0.4, -0.2) is 23.2 Å². The fraction of sp³-hybridized carbons (Fsp3) is 0.304. The van der Waals surface area contributed by atoms with E-state index in [9.17, 15) is 0 Å². The predicted octanol–water partition coefficient (Wildman–Crippen LogP) is 2.82. The summed E-state index contributed by atoms with van der Waals surface area (Å²) in [7, 11) is 3.82. The number of ether oxygens (including phenoxy) is 1. The van der Waals surface area contributed by atoms with Gasteiger partial charge in [0.25, 0.3) is 0 Å². The van der Waals surface area contributed by atoms with E-state index in [1.807, 2.05) is 37.0 Å². The second-order valence-corrected chi connectivity index (χ2v) is 7.42. The molecule has 8 heteroatoms. The van der Waals surface area contributed by atoms with Gasteiger partial charge in [0, 0.05) is 30.9 Å². The summed E-state index contributed by atoms with van der Waals surface area (Å²) in [6.45, 7) is 8.82. The van der Waals surface area contributed by atoms with Crippen LogP contribution in [0.15, 0.2) is 36.4 Å². The largest absolute Gasteiger partial charge is 0.489 e. The standard InChI is InChI=1S/C22H28N4O.CH4N2O/c1-14-8-7-9-20(25(5)23)19(14)13-27-21-11-10-18(12-15(21)2)22-16(3)17(4)26(6)24-22;2-3-1-4/h7-12H,13,23H2,1-6H3;1H,2H2,(H,3,4). The maximum atomic E-state index is 8.94. The summed E-state index contributed by atoms with van der Waals surface area (Å²) in [5, 5.41) is 6.28. The molecule has 5 N–H and O–H groups in total. The van der Waals surface area contributed by atoms with Crippen LogP contribution in [0.4, 0.5) is 5.69 Å². The van der Waals surface area contributed by atoms with Gasteiger partial charge in [-0.25, -0.2) is 11.7 Å². The predicted molar refractivity (Wildman–Crippen MR) is 124 cm³/mol. The lowest BCUT2D eigenvalue weighted by molar-refractivity contribution is -0.109. The molecule has 0 saturated heterocycles. The number of nitrogens with zero attached hydrogens (tertiary/aromatic N) is 3. The molecule has 0 bridgehead atoms. The molecule has 31 heavy (non-hydrogen) atoms. The molecule has 3 aromatic rings. The Kier molecular flexibility index (Phi) is 8.18. The van der Waals surface area contributed by atoms with Crippen LogP contribution in [0.1, 0.15) is 27.9 Å². The Balaban J connectivity index is 0.000000785. The van der Waals surface area contributed by atoms with Gasteiger partial charge in [0.05, 0.1) is 11.4 Å². The van der Waals surface area contributed by atoms with Gasteiger partial charge in [-0.05, 0) is 68.7 Å². The lowest BCUT2D eigenvalue weighted by Crippen LogP contribution is -2.26. The minimum absolute atomic E-state index is 0.403. The summed E-state index contributed by atoms with van der Waals surface area (Å²) in [6, 6.07) is 12.3. The van der Waals surface area contributed by atoms with Gasteiger partial charge in [-0.15, -0.1) is 0 Å². The Bertz CT molecular complexity index is 1040. The molecule has 0 atom stereocenters. The van der Waals surface area contributed by atoms with Crippen LogP contribution in [0.5, 0.6) is 5.75 Å². The second-order valence-electron chi connectivity index (χ2n) is 7.42. The third-order valence-electron chi connectivity index (χ3n) is 5.29. The topological polar surface area (TPSA) is 111 Å². The third-order valence-corrected chi connectivity index (χ3v) is 5.29. The second kappa shape index (κ2) is 10.6. The molecule has 0 aliphatic heterocycles. The average molecular weight is 425 g/mol. The van der Waals surface area contributed by atoms with Crippen LogP contribution in [0.3, 0.4) is 0 Å². The third kappa shape index (κ3) is 5.62. The Hall–Kier alpha value is -3.36. The quantitative estimate of drug-likeness (QED) is 0.243. The van der Waals surface area contributed by atoms with Crippen LogP contribution in [-0.2, 0) is 18.4 Å². The van der Waals surface area contributed by atoms with E-state index in [1.54, 1.807) is 10.4 Å². The summed E-state index contributed by atoms with van der Waals surface area (Å²) in [5.41, 5.74) is 10.6. The molecule has 0 aliphatic rings. The van der Waals surface area contributed by atoms with Crippen molar-refractivity contribution in [3.05, 3.63) is 64.3 Å². The number of benzene rings is 2. The molecule has 0 aliphatic carbocycles. The van der Waals surface area contributed by atoms with Crippen LogP contribution in [0.2, 0.25) is 0 Å². The van der Waals surface area contributed by atoms with Crippen molar-refractivity contribution in [1.82, 2.24) is 15.2 Å². The van der Waals surface area contributed by atoms with Crippen molar-refractivity contribution in [2.45, 2.75) is 34.3 Å². The molecule has 0 radical (unpaired) electrons. The number of carbonyl (C=O) groups excluding carboxylic acids is 1. The summed E-state index contributed by atoms with van der Waals surface area (Å²) in [6.07, 6.45) is 0.403. The van der Waals surface area contributed by atoms with Crippen molar-refractivity contribution in [2.24, 2.45) is 18.7 Å². The minimum Gasteiger partial charge on any atom is -0.489 e. The van der Waals surface area contributed by atoms with E-state index in [0.717, 1.165) is 33.8 Å². The molecule has 1 aromatic heterocycles. The van der Waals surface area contributed by atoms with E-state index in [1.165, 1.54) is 16.8 Å². The number of rotatable bonds is 6. The maximum Gasteiger partial charge on any atom is 0.221 e. The first-order chi connectivity index (χ1) is 14.7. The minimum atomic E-state index is 0.403. The highest BCUT2D eigenvalue weighted by atomic mass is 16.5. The zero-order valence-electron chi connectivity index (χ0n) is 19.1. The molecule has 1 heterocycles. The molecule has 8 nitrogen and oxygen atoms in total. The summed E-state index contributed by atoms with van der Waals surface area (Å²) >= 11 is 0. The number of nitrogens with one attached hydrogen (secondary N) is 1. The molecular weight excluding hydrogens is 392 g/mol. The number of nitrogens with two attached hydrogens (primary N) is 2. The van der Waals surface area contributed by atoms with Crippen molar-refractivity contribution in [2.75, 3.05) is 12.1 Å². The normalized spacial score (nSPS) is 10.2. The van der Waals surface area contributed by atoms with E-state index < -0.39 is 0 Å². The van der Waals surface area contributed by atoms with E-state index >= 15 is 0 Å². The average Bonchev–Trinajstić information content (AvgIpc) is 3.00. The summed E-state index contributed by atoms with van der Waals surface area (Å²) in [5.74, 6) is 11.2. The number of hydrogen-bond acceptors (Lipinski definition) is 6. The molecule has 0 spiro atoms. The zero-order valence-corrected chi connectivity index (χ0v) is 19.1. The number of aryl methyl sites for hydroxylation is 3. The Labute approximate surface area is 183 Å². The van der Waals surface area contributed by atoms with Crippen LogP contribution < -0.4 is 26.9 Å². The van der Waals surface area contributed by atoms with Gasteiger partial charge in [0.1, 0.15) is 12.4 Å². The van der Waals surface area contributed by atoms with Gasteiger partial charge in [-0.1, -0.05) is 12.1 Å². The van der Waals surface area contributed by atoms with Crippen LogP contribution in [0.25, 0.3) is 11.3 Å². The first-order valence-electron chi connectivity index (χ1n) is 9.91. The fourth-order valence-corrected chi connectivity index (χ4v) is 3.30. The number of amides is 1. The number of aromatic nitrogens is 2. The van der Waals surface area contributed by atoms with Crippen molar-refractivity contribution >= 4 is 12.1 Å². The van der Waals surface area contributed by atoms with Gasteiger partial charge < -0.3 is 9.75 Å². The first-order valence-corrected chi connectivity index (χ1v) is 9.91. The molecule has 0 fully saturated rings. The molecule has 1 amide bonds. The van der Waals surface area contributed by atoms with Crippen molar-refractivity contribution in [3.63, 3.8) is 0 Å². The van der Waals surface area contributed by atoms with Gasteiger partial charge in [0.15, 0.2) is 0 Å². The first kappa shape index (κ1) is 23.9. The van der Waals surface area contributed by atoms with Gasteiger partial charge in [0.2, 0.25) is 6.41 Å². The number of anilines is 1. The SMILES string of the molecule is Cc1cc(-c2nn(C)c(C)c2C)ccc1OCc1c(C)cccc1N(C)N.NNC=O. The lowest BCUT2D eigenvalue weighted by Gasteiger charge is -2.19. The smallest absolute Gasteiger partial charge is 0.221 e. The van der Waals surface area contributed by atoms with E-state index in [-0.39, 0.29) is 0 Å². The van der Waals surface area contributed by atoms with Crippen molar-refractivity contribution < 1.29 is 9.53 Å². The fourth-order valence-electron chi connectivity index (χ4n) is 3.30. The van der Waals surface area contributed by atoms with Gasteiger partial charge in [-0.3, -0.25) is 14.9 Å².